The van der Waals surface area contributed by atoms with E-state index in [1.165, 1.54) is 4.90 Å². The molecule has 1 heterocycles. The highest BCUT2D eigenvalue weighted by Gasteiger charge is 2.50. The maximum absolute atomic E-state index is 12.4. The molecule has 1 aliphatic heterocycles. The van der Waals surface area contributed by atoms with Crippen molar-refractivity contribution in [3.63, 3.8) is 0 Å². The molecule has 7 heteroatoms. The number of carbonyl (C=O) groups is 1. The Kier molecular flexibility index (Phi) is 7.96. The van der Waals surface area contributed by atoms with E-state index in [2.05, 4.69) is 5.32 Å². The Labute approximate surface area is 171 Å². The van der Waals surface area contributed by atoms with Gasteiger partial charge < -0.3 is 29.2 Å². The van der Waals surface area contributed by atoms with Crippen molar-refractivity contribution >= 4 is 6.03 Å². The summed E-state index contributed by atoms with van der Waals surface area (Å²) in [5.74, 6) is 0. The standard InChI is InChI=1S/C21H42N2O5/c1-13-14(22-18(24)23(11)12)15(26-19(2,3)4)16(27-20(5,6)7)17(25-13)28-21(8,9)10/h13-17H,1-12H3,(H,22,24). The van der Waals surface area contributed by atoms with Crippen LogP contribution in [0.15, 0.2) is 0 Å². The molecule has 1 aliphatic rings. The van der Waals surface area contributed by atoms with E-state index in [-0.39, 0.29) is 18.2 Å². The number of nitrogens with zero attached hydrogens (tertiary/aromatic N) is 1. The van der Waals surface area contributed by atoms with Gasteiger partial charge in [0, 0.05) is 14.1 Å². The van der Waals surface area contributed by atoms with Crippen LogP contribution < -0.4 is 5.32 Å². The monoisotopic (exact) mass is 402 g/mol. The quantitative estimate of drug-likeness (QED) is 0.779. The summed E-state index contributed by atoms with van der Waals surface area (Å²) in [5.41, 5.74) is -1.30. The fraction of sp³-hybridized carbons (Fsp3) is 0.952. The van der Waals surface area contributed by atoms with Crippen molar-refractivity contribution in [3.8, 4) is 0 Å². The van der Waals surface area contributed by atoms with E-state index < -0.39 is 35.3 Å². The first-order chi connectivity index (χ1) is 12.4. The van der Waals surface area contributed by atoms with Gasteiger partial charge in [0.05, 0.1) is 28.9 Å². The molecule has 7 nitrogen and oxygen atoms in total. The van der Waals surface area contributed by atoms with Gasteiger partial charge in [0.15, 0.2) is 6.29 Å². The van der Waals surface area contributed by atoms with Gasteiger partial charge in [-0.15, -0.1) is 0 Å². The third-order valence-electron chi connectivity index (χ3n) is 3.95. The summed E-state index contributed by atoms with van der Waals surface area (Å²) in [4.78, 5) is 13.9. The number of rotatable bonds is 4. The Hall–Kier alpha value is -0.890. The van der Waals surface area contributed by atoms with E-state index in [0.717, 1.165) is 0 Å². The summed E-state index contributed by atoms with van der Waals surface area (Å²) < 4.78 is 25.2. The van der Waals surface area contributed by atoms with Gasteiger partial charge in [-0.3, -0.25) is 0 Å². The molecule has 0 aromatic carbocycles. The molecule has 0 aromatic heterocycles. The highest BCUT2D eigenvalue weighted by atomic mass is 16.7. The van der Waals surface area contributed by atoms with E-state index in [9.17, 15) is 4.79 Å². The average molecular weight is 403 g/mol. The number of urea groups is 1. The molecule has 2 amide bonds. The highest BCUT2D eigenvalue weighted by Crippen LogP contribution is 2.33. The number of nitrogens with one attached hydrogen (secondary N) is 1. The molecule has 5 atom stereocenters. The first-order valence-corrected chi connectivity index (χ1v) is 10.1. The molecule has 1 fully saturated rings. The van der Waals surface area contributed by atoms with E-state index in [1.807, 2.05) is 69.2 Å². The van der Waals surface area contributed by atoms with E-state index in [0.29, 0.717) is 0 Å². The van der Waals surface area contributed by atoms with Gasteiger partial charge in [-0.2, -0.15) is 0 Å². The van der Waals surface area contributed by atoms with Gasteiger partial charge in [-0.05, 0) is 69.2 Å². The van der Waals surface area contributed by atoms with Crippen molar-refractivity contribution in [2.24, 2.45) is 0 Å². The Morgan fingerprint density at radius 2 is 1.25 bits per heavy atom. The van der Waals surface area contributed by atoms with Gasteiger partial charge in [0.25, 0.3) is 0 Å². The Morgan fingerprint density at radius 3 is 1.64 bits per heavy atom. The molecular weight excluding hydrogens is 360 g/mol. The Morgan fingerprint density at radius 1 is 0.821 bits per heavy atom. The van der Waals surface area contributed by atoms with Crippen LogP contribution in [0.1, 0.15) is 69.2 Å². The first kappa shape index (κ1) is 25.1. The van der Waals surface area contributed by atoms with Crippen LogP contribution in [0, 0.1) is 0 Å². The second-order valence-electron chi connectivity index (χ2n) is 10.7. The molecule has 0 saturated carbocycles. The zero-order valence-corrected chi connectivity index (χ0v) is 19.9. The van der Waals surface area contributed by atoms with E-state index >= 15 is 0 Å². The molecule has 1 saturated heterocycles. The zero-order valence-electron chi connectivity index (χ0n) is 19.9. The summed E-state index contributed by atoms with van der Waals surface area (Å²) in [6, 6.07) is -0.589. The predicted octanol–water partition coefficient (Wildman–Crippen LogP) is 3.55. The fourth-order valence-corrected chi connectivity index (χ4v) is 2.99. The SMILES string of the molecule is CC1OC(OC(C)(C)C)C(OC(C)(C)C)C(OC(C)(C)C)C1NC(=O)N(C)C. The fourth-order valence-electron chi connectivity index (χ4n) is 2.99. The van der Waals surface area contributed by atoms with Crippen LogP contribution in [0.4, 0.5) is 4.79 Å². The van der Waals surface area contributed by atoms with Crippen LogP contribution in [0.25, 0.3) is 0 Å². The van der Waals surface area contributed by atoms with E-state index in [4.69, 9.17) is 18.9 Å². The Balaban J connectivity index is 3.32. The second-order valence-corrected chi connectivity index (χ2v) is 10.7. The number of ether oxygens (including phenoxy) is 4. The molecule has 28 heavy (non-hydrogen) atoms. The molecule has 0 aliphatic carbocycles. The van der Waals surface area contributed by atoms with Crippen molar-refractivity contribution in [1.29, 1.82) is 0 Å². The van der Waals surface area contributed by atoms with Gasteiger partial charge in [0.1, 0.15) is 12.2 Å². The molecule has 1 rings (SSSR count). The lowest BCUT2D eigenvalue weighted by Gasteiger charge is -2.50. The third kappa shape index (κ3) is 8.23. The maximum Gasteiger partial charge on any atom is 0.317 e. The lowest BCUT2D eigenvalue weighted by Crippen LogP contribution is -2.67. The van der Waals surface area contributed by atoms with Crippen LogP contribution >= 0.6 is 0 Å². The first-order valence-electron chi connectivity index (χ1n) is 10.1. The van der Waals surface area contributed by atoms with Gasteiger partial charge in [-0.25, -0.2) is 4.79 Å². The number of amides is 2. The predicted molar refractivity (Wildman–Crippen MR) is 110 cm³/mol. The molecule has 0 bridgehead atoms. The molecule has 0 aromatic rings. The highest BCUT2D eigenvalue weighted by molar-refractivity contribution is 5.74. The van der Waals surface area contributed by atoms with Crippen molar-refractivity contribution < 1.29 is 23.7 Å². The smallest absolute Gasteiger partial charge is 0.317 e. The zero-order chi connectivity index (χ0) is 22.1. The van der Waals surface area contributed by atoms with Crippen molar-refractivity contribution in [2.75, 3.05) is 14.1 Å². The van der Waals surface area contributed by atoms with Gasteiger partial charge in [-0.1, -0.05) is 0 Å². The maximum atomic E-state index is 12.4. The molecule has 166 valence electrons. The van der Waals surface area contributed by atoms with Crippen molar-refractivity contribution in [1.82, 2.24) is 10.2 Å². The average Bonchev–Trinajstić information content (AvgIpc) is 2.42. The van der Waals surface area contributed by atoms with Crippen LogP contribution in [-0.2, 0) is 18.9 Å². The minimum absolute atomic E-state index is 0.201. The lowest BCUT2D eigenvalue weighted by atomic mass is 9.94. The molecule has 0 spiro atoms. The number of carbonyl (C=O) groups excluding carboxylic acids is 1. The summed E-state index contributed by atoms with van der Waals surface area (Å²) in [6.07, 6.45) is -1.89. The summed E-state index contributed by atoms with van der Waals surface area (Å²) in [6.45, 7) is 19.8. The normalized spacial score (nSPS) is 29.5. The Bertz CT molecular complexity index is 516. The number of hydrogen-bond donors (Lipinski definition) is 1. The van der Waals surface area contributed by atoms with Crippen LogP contribution in [0.2, 0.25) is 0 Å². The van der Waals surface area contributed by atoms with Crippen LogP contribution in [0.3, 0.4) is 0 Å². The molecule has 1 N–H and O–H groups in total. The largest absolute Gasteiger partial charge is 0.367 e. The topological polar surface area (TPSA) is 69.3 Å². The minimum atomic E-state index is -0.617. The lowest BCUT2D eigenvalue weighted by molar-refractivity contribution is -0.331. The summed E-state index contributed by atoms with van der Waals surface area (Å²) in [5, 5.41) is 3.04. The summed E-state index contributed by atoms with van der Waals surface area (Å²) >= 11 is 0. The molecule has 5 unspecified atom stereocenters. The van der Waals surface area contributed by atoms with Crippen LogP contribution in [0.5, 0.6) is 0 Å². The third-order valence-corrected chi connectivity index (χ3v) is 3.95. The van der Waals surface area contributed by atoms with Crippen molar-refractivity contribution in [3.05, 3.63) is 0 Å². The summed E-state index contributed by atoms with van der Waals surface area (Å²) in [7, 11) is 3.41. The van der Waals surface area contributed by atoms with E-state index in [1.54, 1.807) is 14.1 Å². The van der Waals surface area contributed by atoms with Crippen LogP contribution in [-0.4, -0.2) is 72.5 Å². The minimum Gasteiger partial charge on any atom is -0.367 e. The number of hydrogen-bond acceptors (Lipinski definition) is 5. The second kappa shape index (κ2) is 8.86. The van der Waals surface area contributed by atoms with Gasteiger partial charge >= 0.3 is 6.03 Å². The molecular formula is C21H42N2O5. The van der Waals surface area contributed by atoms with Crippen molar-refractivity contribution in [2.45, 2.75) is 117 Å². The molecule has 0 radical (unpaired) electrons. The van der Waals surface area contributed by atoms with Gasteiger partial charge in [0.2, 0.25) is 0 Å².